The van der Waals surface area contributed by atoms with Gasteiger partial charge < -0.3 is 10.2 Å². The highest BCUT2D eigenvalue weighted by molar-refractivity contribution is 5.99. The van der Waals surface area contributed by atoms with E-state index >= 15 is 0 Å². The molecule has 0 aromatic heterocycles. The van der Waals surface area contributed by atoms with Gasteiger partial charge in [0.05, 0.1) is 0 Å². The Labute approximate surface area is 116 Å². The lowest BCUT2D eigenvalue weighted by Crippen LogP contribution is -2.68. The van der Waals surface area contributed by atoms with Gasteiger partial charge in [-0.3, -0.25) is 9.59 Å². The SMILES string of the molecule is CCCC1C(=O)NC(C)(CC)C(=O)N1CC=C(C)C. The van der Waals surface area contributed by atoms with E-state index in [0.717, 1.165) is 12.0 Å². The number of hydrogen-bond acceptors (Lipinski definition) is 2. The van der Waals surface area contributed by atoms with Crippen LogP contribution in [0.1, 0.15) is 53.9 Å². The second-order valence-corrected chi connectivity index (χ2v) is 5.72. The molecule has 1 saturated heterocycles. The predicted octanol–water partition coefficient (Wildman–Crippen LogP) is 2.25. The molecule has 0 aromatic rings. The second-order valence-electron chi connectivity index (χ2n) is 5.72. The minimum Gasteiger partial charge on any atom is -0.340 e. The van der Waals surface area contributed by atoms with Crippen LogP contribution < -0.4 is 5.32 Å². The highest BCUT2D eigenvalue weighted by Crippen LogP contribution is 2.23. The Morgan fingerprint density at radius 3 is 2.47 bits per heavy atom. The molecule has 0 aromatic carbocycles. The summed E-state index contributed by atoms with van der Waals surface area (Å²) in [6, 6.07) is -0.326. The van der Waals surface area contributed by atoms with E-state index in [1.165, 1.54) is 0 Å². The molecular weight excluding hydrogens is 240 g/mol. The average molecular weight is 266 g/mol. The number of rotatable bonds is 5. The van der Waals surface area contributed by atoms with Crippen LogP contribution in [0.4, 0.5) is 0 Å². The van der Waals surface area contributed by atoms with Gasteiger partial charge in [-0.25, -0.2) is 0 Å². The molecule has 1 rings (SSSR count). The van der Waals surface area contributed by atoms with Crippen LogP contribution in [0.15, 0.2) is 11.6 Å². The van der Waals surface area contributed by atoms with Crippen molar-refractivity contribution >= 4 is 11.8 Å². The number of piperazine rings is 1. The fraction of sp³-hybridized carbons (Fsp3) is 0.733. The zero-order valence-corrected chi connectivity index (χ0v) is 12.7. The normalized spacial score (nSPS) is 27.2. The van der Waals surface area contributed by atoms with Crippen molar-refractivity contribution in [2.75, 3.05) is 6.54 Å². The molecule has 0 aliphatic carbocycles. The van der Waals surface area contributed by atoms with Crippen molar-refractivity contribution < 1.29 is 9.59 Å². The van der Waals surface area contributed by atoms with Crippen molar-refractivity contribution in [1.82, 2.24) is 10.2 Å². The zero-order chi connectivity index (χ0) is 14.6. The summed E-state index contributed by atoms with van der Waals surface area (Å²) in [6.45, 7) is 10.3. The van der Waals surface area contributed by atoms with Gasteiger partial charge >= 0.3 is 0 Å². The third-order valence-corrected chi connectivity index (χ3v) is 3.78. The molecule has 2 atom stereocenters. The van der Waals surface area contributed by atoms with Gasteiger partial charge in [0, 0.05) is 6.54 Å². The maximum absolute atomic E-state index is 12.6. The van der Waals surface area contributed by atoms with Gasteiger partial charge in [-0.1, -0.05) is 31.9 Å². The summed E-state index contributed by atoms with van der Waals surface area (Å²) in [5.41, 5.74) is 0.406. The number of hydrogen-bond donors (Lipinski definition) is 1. The molecule has 1 aliphatic rings. The first-order valence-electron chi connectivity index (χ1n) is 7.12. The van der Waals surface area contributed by atoms with E-state index in [1.54, 1.807) is 4.90 Å². The van der Waals surface area contributed by atoms with Gasteiger partial charge in [-0.2, -0.15) is 0 Å². The molecule has 4 heteroatoms. The molecule has 2 amide bonds. The monoisotopic (exact) mass is 266 g/mol. The van der Waals surface area contributed by atoms with E-state index in [4.69, 9.17) is 0 Å². The van der Waals surface area contributed by atoms with Crippen molar-refractivity contribution in [3.05, 3.63) is 11.6 Å². The van der Waals surface area contributed by atoms with Crippen LogP contribution in [0.5, 0.6) is 0 Å². The van der Waals surface area contributed by atoms with Gasteiger partial charge in [-0.05, 0) is 33.6 Å². The van der Waals surface area contributed by atoms with Crippen molar-refractivity contribution in [3.63, 3.8) is 0 Å². The molecule has 0 spiro atoms. The van der Waals surface area contributed by atoms with Crippen molar-refractivity contribution in [3.8, 4) is 0 Å². The van der Waals surface area contributed by atoms with Crippen LogP contribution in [-0.4, -0.2) is 34.8 Å². The number of carbonyl (C=O) groups is 2. The molecular formula is C15H26N2O2. The first kappa shape index (κ1) is 15.7. The standard InChI is InChI=1S/C15H26N2O2/c1-6-8-12-13(18)16-15(5,7-2)14(19)17(12)10-9-11(3)4/h9,12H,6-8,10H2,1-5H3,(H,16,18). The molecule has 4 nitrogen and oxygen atoms in total. The van der Waals surface area contributed by atoms with Crippen LogP contribution in [-0.2, 0) is 9.59 Å². The molecule has 0 saturated carbocycles. The summed E-state index contributed by atoms with van der Waals surface area (Å²) in [7, 11) is 0. The molecule has 2 unspecified atom stereocenters. The predicted molar refractivity (Wildman–Crippen MR) is 76.7 cm³/mol. The molecule has 1 heterocycles. The van der Waals surface area contributed by atoms with E-state index in [0.29, 0.717) is 19.4 Å². The second kappa shape index (κ2) is 6.22. The lowest BCUT2D eigenvalue weighted by molar-refractivity contribution is -0.154. The quantitative estimate of drug-likeness (QED) is 0.776. The number of allylic oxidation sites excluding steroid dienone is 1. The Bertz CT molecular complexity index is 386. The summed E-state index contributed by atoms with van der Waals surface area (Å²) in [5.74, 6) is 0.0125. The van der Waals surface area contributed by atoms with Crippen LogP contribution in [0.25, 0.3) is 0 Å². The average Bonchev–Trinajstić information content (AvgIpc) is 2.35. The molecule has 1 fully saturated rings. The Hall–Kier alpha value is -1.32. The Morgan fingerprint density at radius 1 is 1.37 bits per heavy atom. The number of nitrogens with one attached hydrogen (secondary N) is 1. The van der Waals surface area contributed by atoms with Crippen molar-refractivity contribution in [1.29, 1.82) is 0 Å². The van der Waals surface area contributed by atoms with Gasteiger partial charge in [0.2, 0.25) is 11.8 Å². The van der Waals surface area contributed by atoms with E-state index in [2.05, 4.69) is 5.32 Å². The van der Waals surface area contributed by atoms with Gasteiger partial charge in [-0.15, -0.1) is 0 Å². The first-order chi connectivity index (χ1) is 8.85. The Kier molecular flexibility index (Phi) is 5.15. The van der Waals surface area contributed by atoms with Crippen LogP contribution in [0.3, 0.4) is 0 Å². The largest absolute Gasteiger partial charge is 0.340 e. The van der Waals surface area contributed by atoms with Gasteiger partial charge in [0.15, 0.2) is 0 Å². The lowest BCUT2D eigenvalue weighted by atomic mass is 9.90. The summed E-state index contributed by atoms with van der Waals surface area (Å²) in [4.78, 5) is 26.6. The highest BCUT2D eigenvalue weighted by atomic mass is 16.2. The zero-order valence-electron chi connectivity index (χ0n) is 12.7. The van der Waals surface area contributed by atoms with Crippen LogP contribution >= 0.6 is 0 Å². The smallest absolute Gasteiger partial charge is 0.248 e. The number of nitrogens with zero attached hydrogens (tertiary/aromatic N) is 1. The van der Waals surface area contributed by atoms with Crippen molar-refractivity contribution in [2.24, 2.45) is 0 Å². The Morgan fingerprint density at radius 2 is 2.00 bits per heavy atom. The minimum absolute atomic E-state index is 0.0204. The molecule has 19 heavy (non-hydrogen) atoms. The summed E-state index contributed by atoms with van der Waals surface area (Å²) in [6.07, 6.45) is 4.23. The number of amides is 2. The maximum atomic E-state index is 12.6. The van der Waals surface area contributed by atoms with Gasteiger partial charge in [0.25, 0.3) is 0 Å². The molecule has 108 valence electrons. The highest BCUT2D eigenvalue weighted by Gasteiger charge is 2.46. The molecule has 0 radical (unpaired) electrons. The van der Waals surface area contributed by atoms with Crippen LogP contribution in [0, 0.1) is 0 Å². The van der Waals surface area contributed by atoms with E-state index < -0.39 is 5.54 Å². The summed E-state index contributed by atoms with van der Waals surface area (Å²) < 4.78 is 0. The fourth-order valence-corrected chi connectivity index (χ4v) is 2.30. The third kappa shape index (κ3) is 3.37. The van der Waals surface area contributed by atoms with E-state index in [-0.39, 0.29) is 17.9 Å². The number of carbonyl (C=O) groups excluding carboxylic acids is 2. The molecule has 1 aliphatic heterocycles. The molecule has 0 bridgehead atoms. The lowest BCUT2D eigenvalue weighted by Gasteiger charge is -2.43. The maximum Gasteiger partial charge on any atom is 0.248 e. The summed E-state index contributed by atoms with van der Waals surface area (Å²) in [5, 5.41) is 2.89. The third-order valence-electron chi connectivity index (χ3n) is 3.78. The van der Waals surface area contributed by atoms with Gasteiger partial charge in [0.1, 0.15) is 11.6 Å². The Balaban J connectivity index is 3.03. The molecule has 1 N–H and O–H groups in total. The van der Waals surface area contributed by atoms with E-state index in [9.17, 15) is 9.59 Å². The van der Waals surface area contributed by atoms with E-state index in [1.807, 2.05) is 40.7 Å². The first-order valence-corrected chi connectivity index (χ1v) is 7.12. The van der Waals surface area contributed by atoms with Crippen LogP contribution in [0.2, 0.25) is 0 Å². The van der Waals surface area contributed by atoms with Crippen molar-refractivity contribution in [2.45, 2.75) is 65.5 Å². The summed E-state index contributed by atoms with van der Waals surface area (Å²) >= 11 is 0. The topological polar surface area (TPSA) is 49.4 Å². The fourth-order valence-electron chi connectivity index (χ4n) is 2.30. The minimum atomic E-state index is -0.753.